The van der Waals surface area contributed by atoms with Crippen molar-refractivity contribution in [1.29, 1.82) is 0 Å². The van der Waals surface area contributed by atoms with Crippen LogP contribution >= 0.6 is 0 Å². The highest BCUT2D eigenvalue weighted by Crippen LogP contribution is 2.28. The van der Waals surface area contributed by atoms with Crippen LogP contribution in [0.4, 0.5) is 5.82 Å². The first-order valence-electron chi connectivity index (χ1n) is 8.57. The molecule has 1 aromatic heterocycles. The third-order valence-corrected chi connectivity index (χ3v) is 4.87. The molecule has 0 saturated heterocycles. The van der Waals surface area contributed by atoms with Gasteiger partial charge in [-0.05, 0) is 59.6 Å². The lowest BCUT2D eigenvalue weighted by atomic mass is 10.0. The molecule has 0 spiro atoms. The highest BCUT2D eigenvalue weighted by molar-refractivity contribution is 5.50. The maximum absolute atomic E-state index is 5.86. The van der Waals surface area contributed by atoms with Gasteiger partial charge in [0.25, 0.3) is 0 Å². The second-order valence-electron chi connectivity index (χ2n) is 7.10. The van der Waals surface area contributed by atoms with E-state index in [9.17, 15) is 0 Å². The molecule has 0 saturated carbocycles. The number of nitrogens with zero attached hydrogens (tertiary/aromatic N) is 2. The third kappa shape index (κ3) is 4.70. The van der Waals surface area contributed by atoms with Crippen LogP contribution in [0.3, 0.4) is 0 Å². The van der Waals surface area contributed by atoms with E-state index in [4.69, 9.17) is 11.2 Å². The van der Waals surface area contributed by atoms with Crippen LogP contribution in [0.1, 0.15) is 44.5 Å². The monoisotopic (exact) mass is 353 g/mol. The van der Waals surface area contributed by atoms with Gasteiger partial charge in [-0.15, -0.1) is 6.42 Å². The molecule has 0 aliphatic carbocycles. The number of allylic oxidation sites excluding steroid dienone is 2. The van der Waals surface area contributed by atoms with E-state index in [0.29, 0.717) is 17.3 Å². The van der Waals surface area contributed by atoms with E-state index in [1.165, 1.54) is 5.56 Å². The standard InChI is InChI=1S/C22H31N3O/c1-12-14(2)18(6)26-19(7)22(9,10)25(11)20(8)24-21-16(4)13-15(3)17(5)23-21/h1,13H,7-8H2,2-6,9-11H3,(H,23,24)/b18-14-. The van der Waals surface area contributed by atoms with Crippen LogP contribution in [-0.2, 0) is 4.74 Å². The molecular weight excluding hydrogens is 322 g/mol. The Balaban J connectivity index is 2.98. The fourth-order valence-corrected chi connectivity index (χ4v) is 2.20. The fraction of sp³-hybridized carbons (Fsp3) is 0.409. The van der Waals surface area contributed by atoms with Crippen LogP contribution in [-0.4, -0.2) is 22.5 Å². The van der Waals surface area contributed by atoms with Crippen LogP contribution < -0.4 is 5.32 Å². The van der Waals surface area contributed by atoms with Gasteiger partial charge in [-0.1, -0.05) is 25.1 Å². The summed E-state index contributed by atoms with van der Waals surface area (Å²) in [6.07, 6.45) is 5.43. The Bertz CT molecular complexity index is 794. The van der Waals surface area contributed by atoms with Crippen molar-refractivity contribution in [1.82, 2.24) is 9.88 Å². The summed E-state index contributed by atoms with van der Waals surface area (Å²) in [5.41, 5.74) is 3.47. The Morgan fingerprint density at radius 3 is 2.35 bits per heavy atom. The maximum Gasteiger partial charge on any atom is 0.134 e. The Hall–Kier alpha value is -2.67. The molecule has 4 nitrogen and oxygen atoms in total. The van der Waals surface area contributed by atoms with Gasteiger partial charge >= 0.3 is 0 Å². The molecule has 140 valence electrons. The number of aryl methyl sites for hydroxylation is 3. The van der Waals surface area contributed by atoms with Crippen molar-refractivity contribution in [3.05, 3.63) is 59.0 Å². The molecule has 0 radical (unpaired) electrons. The van der Waals surface area contributed by atoms with Crippen molar-refractivity contribution in [2.45, 2.75) is 54.0 Å². The molecule has 4 heteroatoms. The quantitative estimate of drug-likeness (QED) is 0.549. The molecule has 0 bridgehead atoms. The predicted molar refractivity (Wildman–Crippen MR) is 110 cm³/mol. The van der Waals surface area contributed by atoms with Crippen molar-refractivity contribution in [3.63, 3.8) is 0 Å². The topological polar surface area (TPSA) is 37.4 Å². The lowest BCUT2D eigenvalue weighted by Gasteiger charge is -2.39. The Morgan fingerprint density at radius 1 is 1.23 bits per heavy atom. The minimum absolute atomic E-state index is 0.506. The molecule has 0 amide bonds. The smallest absolute Gasteiger partial charge is 0.134 e. The van der Waals surface area contributed by atoms with E-state index in [-0.39, 0.29) is 0 Å². The number of hydrogen-bond donors (Lipinski definition) is 1. The molecule has 1 heterocycles. The third-order valence-electron chi connectivity index (χ3n) is 4.87. The molecule has 0 aromatic carbocycles. The van der Waals surface area contributed by atoms with E-state index in [2.05, 4.69) is 42.4 Å². The first kappa shape index (κ1) is 21.4. The van der Waals surface area contributed by atoms with Crippen molar-refractivity contribution >= 4 is 5.82 Å². The van der Waals surface area contributed by atoms with Gasteiger partial charge in [-0.25, -0.2) is 4.98 Å². The molecule has 0 atom stereocenters. The second-order valence-corrected chi connectivity index (χ2v) is 7.10. The first-order valence-corrected chi connectivity index (χ1v) is 8.57. The van der Waals surface area contributed by atoms with E-state index < -0.39 is 5.54 Å². The Labute approximate surface area is 158 Å². The number of nitrogens with one attached hydrogen (secondary N) is 1. The fourth-order valence-electron chi connectivity index (χ4n) is 2.20. The average Bonchev–Trinajstić information content (AvgIpc) is 2.57. The largest absolute Gasteiger partial charge is 0.464 e. The molecule has 0 aliphatic rings. The van der Waals surface area contributed by atoms with Gasteiger partial charge in [0.05, 0.1) is 5.54 Å². The normalized spacial score (nSPS) is 12.0. The van der Waals surface area contributed by atoms with Crippen LogP contribution in [0.15, 0.2) is 42.1 Å². The summed E-state index contributed by atoms with van der Waals surface area (Å²) < 4.78 is 5.86. The summed E-state index contributed by atoms with van der Waals surface area (Å²) in [5.74, 6) is 5.34. The number of anilines is 1. The Morgan fingerprint density at radius 2 is 1.81 bits per heavy atom. The SMILES string of the molecule is C#C/C(C)=C(/C)OC(=C)C(C)(C)N(C)C(=C)Nc1nc(C)c(C)cc1C. The molecule has 0 unspecified atom stereocenters. The van der Waals surface area contributed by atoms with Crippen molar-refractivity contribution in [3.8, 4) is 12.3 Å². The van der Waals surface area contributed by atoms with Crippen LogP contribution in [0, 0.1) is 33.1 Å². The van der Waals surface area contributed by atoms with Gasteiger partial charge in [0.2, 0.25) is 0 Å². The summed E-state index contributed by atoms with van der Waals surface area (Å²) in [5, 5.41) is 3.31. The molecular formula is C22H31N3O. The summed E-state index contributed by atoms with van der Waals surface area (Å²) >= 11 is 0. The van der Waals surface area contributed by atoms with E-state index in [1.54, 1.807) is 0 Å². The number of pyridine rings is 1. The lowest BCUT2D eigenvalue weighted by Crippen LogP contribution is -2.44. The second kappa shape index (κ2) is 8.14. The van der Waals surface area contributed by atoms with Gasteiger partial charge < -0.3 is 15.0 Å². The minimum atomic E-state index is -0.506. The maximum atomic E-state index is 5.86. The molecule has 1 aromatic rings. The first-order chi connectivity index (χ1) is 11.9. The highest BCUT2D eigenvalue weighted by atomic mass is 16.5. The summed E-state index contributed by atoms with van der Waals surface area (Å²) in [7, 11) is 1.94. The summed E-state index contributed by atoms with van der Waals surface area (Å²) in [4.78, 5) is 6.60. The minimum Gasteiger partial charge on any atom is -0.464 e. The number of rotatable bonds is 7. The van der Waals surface area contributed by atoms with Gasteiger partial charge in [0.15, 0.2) is 0 Å². The Kier molecular flexibility index (Phi) is 6.69. The molecule has 26 heavy (non-hydrogen) atoms. The van der Waals surface area contributed by atoms with E-state index in [1.807, 2.05) is 53.5 Å². The zero-order valence-corrected chi connectivity index (χ0v) is 17.4. The van der Waals surface area contributed by atoms with Crippen molar-refractivity contribution in [2.24, 2.45) is 0 Å². The number of hydrogen-bond acceptors (Lipinski definition) is 4. The summed E-state index contributed by atoms with van der Waals surface area (Å²) in [6.45, 7) is 22.0. The van der Waals surface area contributed by atoms with Crippen molar-refractivity contribution < 1.29 is 4.74 Å². The molecule has 1 N–H and O–H groups in total. The van der Waals surface area contributed by atoms with E-state index in [0.717, 1.165) is 22.6 Å². The number of aromatic nitrogens is 1. The zero-order chi connectivity index (χ0) is 20.2. The predicted octanol–water partition coefficient (Wildman–Crippen LogP) is 5.06. The van der Waals surface area contributed by atoms with Crippen LogP contribution in [0.25, 0.3) is 0 Å². The van der Waals surface area contributed by atoms with Crippen LogP contribution in [0.2, 0.25) is 0 Å². The molecule has 0 aliphatic heterocycles. The number of terminal acetylenes is 1. The number of ether oxygens (including phenoxy) is 1. The van der Waals surface area contributed by atoms with E-state index >= 15 is 0 Å². The molecule has 1 rings (SSSR count). The summed E-state index contributed by atoms with van der Waals surface area (Å²) in [6, 6.07) is 2.11. The highest BCUT2D eigenvalue weighted by Gasteiger charge is 2.30. The lowest BCUT2D eigenvalue weighted by molar-refractivity contribution is 0.150. The van der Waals surface area contributed by atoms with Gasteiger partial charge in [-0.2, -0.15) is 0 Å². The zero-order valence-electron chi connectivity index (χ0n) is 17.4. The van der Waals surface area contributed by atoms with Crippen molar-refractivity contribution in [2.75, 3.05) is 12.4 Å². The van der Waals surface area contributed by atoms with Gasteiger partial charge in [-0.3, -0.25) is 0 Å². The number of likely N-dealkylation sites (N-methyl/N-ethyl adjacent to an activating group) is 1. The van der Waals surface area contributed by atoms with Crippen LogP contribution in [0.5, 0.6) is 0 Å². The van der Waals surface area contributed by atoms with Gasteiger partial charge in [0.1, 0.15) is 23.2 Å². The average molecular weight is 354 g/mol. The van der Waals surface area contributed by atoms with Gasteiger partial charge in [0, 0.05) is 18.3 Å². The molecule has 0 fully saturated rings.